The van der Waals surface area contributed by atoms with Crippen LogP contribution in [0.1, 0.15) is 64.9 Å². The lowest BCUT2D eigenvalue weighted by atomic mass is 9.90. The molecule has 0 spiro atoms. The highest BCUT2D eigenvalue weighted by Crippen LogP contribution is 2.47. The highest BCUT2D eigenvalue weighted by atomic mass is 16.5. The first-order chi connectivity index (χ1) is 20.8. The second kappa shape index (κ2) is 14.1. The summed E-state index contributed by atoms with van der Waals surface area (Å²) in [6, 6.07) is 11.8. The third kappa shape index (κ3) is 6.58. The van der Waals surface area contributed by atoms with Gasteiger partial charge in [0, 0.05) is 17.0 Å². The fraction of sp³-hybridized carbons (Fsp3) is 0.364. The van der Waals surface area contributed by atoms with Crippen molar-refractivity contribution >= 4 is 5.91 Å². The van der Waals surface area contributed by atoms with Gasteiger partial charge in [0.15, 0.2) is 23.0 Å². The normalized spacial score (nSPS) is 16.6. The molecule has 0 radical (unpaired) electrons. The summed E-state index contributed by atoms with van der Waals surface area (Å²) in [7, 11) is 6.20. The van der Waals surface area contributed by atoms with E-state index in [2.05, 4.69) is 5.92 Å². The smallest absolute Gasteiger partial charge is 0.278 e. The van der Waals surface area contributed by atoms with Crippen LogP contribution in [0.2, 0.25) is 0 Å². The number of aromatic hydroxyl groups is 1. The Hall–Kier alpha value is -4.59. The van der Waals surface area contributed by atoms with Crippen molar-refractivity contribution in [2.45, 2.75) is 37.8 Å². The number of methoxy groups -OCH3 is 4. The average molecular weight is 592 g/mol. The van der Waals surface area contributed by atoms with Crippen LogP contribution in [0.3, 0.4) is 0 Å². The molecule has 3 atom stereocenters. The summed E-state index contributed by atoms with van der Waals surface area (Å²) < 4.78 is 34.5. The summed E-state index contributed by atoms with van der Waals surface area (Å²) in [6.45, 7) is 2.73. The van der Waals surface area contributed by atoms with Gasteiger partial charge in [-0.1, -0.05) is 12.8 Å². The molecule has 228 valence electrons. The highest BCUT2D eigenvalue weighted by Gasteiger charge is 2.33. The molecule has 3 aromatic rings. The van der Waals surface area contributed by atoms with Crippen molar-refractivity contribution in [3.63, 3.8) is 0 Å². The number of terminal acetylenes is 1. The van der Waals surface area contributed by atoms with E-state index in [9.17, 15) is 15.1 Å². The number of benzene rings is 3. The minimum absolute atomic E-state index is 0.00848. The van der Waals surface area contributed by atoms with Gasteiger partial charge in [-0.05, 0) is 72.5 Å². The topological polar surface area (TPSA) is 116 Å². The summed E-state index contributed by atoms with van der Waals surface area (Å²) in [6.07, 6.45) is 6.98. The van der Waals surface area contributed by atoms with Crippen LogP contribution in [0.5, 0.6) is 34.5 Å². The quantitative estimate of drug-likeness (QED) is 0.156. The Bertz CT molecular complexity index is 1440. The number of hydroxylamine groups is 2. The van der Waals surface area contributed by atoms with Crippen molar-refractivity contribution in [3.8, 4) is 46.8 Å². The van der Waals surface area contributed by atoms with Gasteiger partial charge in [-0.3, -0.25) is 10.0 Å². The zero-order valence-electron chi connectivity index (χ0n) is 25.0. The van der Waals surface area contributed by atoms with Gasteiger partial charge in [-0.25, -0.2) is 5.06 Å². The van der Waals surface area contributed by atoms with Gasteiger partial charge < -0.3 is 33.5 Å². The van der Waals surface area contributed by atoms with E-state index in [-0.39, 0.29) is 23.3 Å². The van der Waals surface area contributed by atoms with E-state index in [4.69, 9.17) is 34.8 Å². The monoisotopic (exact) mass is 591 g/mol. The van der Waals surface area contributed by atoms with Gasteiger partial charge in [-0.2, -0.15) is 0 Å². The number of carbonyl (C=O) groups excluding carboxylic acids is 1. The number of rotatable bonds is 12. The molecule has 3 unspecified atom stereocenters. The number of ether oxygens (including phenoxy) is 6. The molecule has 43 heavy (non-hydrogen) atoms. The summed E-state index contributed by atoms with van der Waals surface area (Å²) >= 11 is 0. The van der Waals surface area contributed by atoms with E-state index in [1.165, 1.54) is 31.4 Å². The largest absolute Gasteiger partial charge is 0.508 e. The third-order valence-electron chi connectivity index (χ3n) is 7.32. The number of hydrogen-bond acceptors (Lipinski definition) is 9. The summed E-state index contributed by atoms with van der Waals surface area (Å²) in [5.41, 5.74) is 2.26. The zero-order chi connectivity index (χ0) is 31.1. The SMILES string of the molecule is C#CC(c1cc(C2COC(c3cc(OC)c(OC)c(OC)c3)C2)cc(OC)c1OCCC)N(O)C(=O)c1ccc(O)cc1. The maximum atomic E-state index is 13.2. The van der Waals surface area contributed by atoms with Crippen LogP contribution in [-0.2, 0) is 4.74 Å². The van der Waals surface area contributed by atoms with Crippen molar-refractivity contribution in [3.05, 3.63) is 70.8 Å². The minimum Gasteiger partial charge on any atom is -0.508 e. The molecule has 0 bridgehead atoms. The fourth-order valence-electron chi connectivity index (χ4n) is 5.12. The standard InChI is InChI=1S/C33H37NO9/c1-7-13-42-31-25(26(8-2)34(37)33(36)20-9-11-24(35)12-10-20)14-21(15-28(31)38-3)23-18-27(43-19-23)22-16-29(39-4)32(41-6)30(17-22)40-5/h2,9-12,14-17,23,26-27,35,37H,7,13,18-19H2,1,3-6H3. The first kappa shape index (κ1) is 31.3. The van der Waals surface area contributed by atoms with Crippen molar-refractivity contribution in [1.29, 1.82) is 0 Å². The summed E-state index contributed by atoms with van der Waals surface area (Å²) in [5, 5.41) is 21.2. The molecule has 0 aromatic heterocycles. The van der Waals surface area contributed by atoms with Crippen molar-refractivity contribution in [1.82, 2.24) is 5.06 Å². The third-order valence-corrected chi connectivity index (χ3v) is 7.32. The molecule has 1 fully saturated rings. The molecule has 1 aliphatic heterocycles. The first-order valence-corrected chi connectivity index (χ1v) is 13.8. The van der Waals surface area contributed by atoms with Crippen molar-refractivity contribution < 1.29 is 43.5 Å². The number of hydrogen-bond donors (Lipinski definition) is 2. The van der Waals surface area contributed by atoms with Crippen LogP contribution in [0, 0.1) is 12.3 Å². The second-order valence-electron chi connectivity index (χ2n) is 9.97. The number of phenols is 1. The highest BCUT2D eigenvalue weighted by molar-refractivity contribution is 5.94. The fourth-order valence-corrected chi connectivity index (χ4v) is 5.12. The molecule has 4 rings (SSSR count). The van der Waals surface area contributed by atoms with Crippen LogP contribution >= 0.6 is 0 Å². The van der Waals surface area contributed by atoms with Gasteiger partial charge in [0.05, 0.1) is 47.8 Å². The predicted molar refractivity (Wildman–Crippen MR) is 159 cm³/mol. The van der Waals surface area contributed by atoms with Gasteiger partial charge in [0.25, 0.3) is 5.91 Å². The first-order valence-electron chi connectivity index (χ1n) is 13.8. The lowest BCUT2D eigenvalue weighted by Gasteiger charge is -2.26. The van der Waals surface area contributed by atoms with E-state index in [0.29, 0.717) is 65.4 Å². The van der Waals surface area contributed by atoms with Gasteiger partial charge in [-0.15, -0.1) is 6.42 Å². The molecule has 10 heteroatoms. The molecule has 1 amide bonds. The van der Waals surface area contributed by atoms with E-state index < -0.39 is 11.9 Å². The molecule has 0 saturated carbocycles. The van der Waals surface area contributed by atoms with Crippen molar-refractivity contribution in [2.75, 3.05) is 41.7 Å². The molecule has 10 nitrogen and oxygen atoms in total. The van der Waals surface area contributed by atoms with Gasteiger partial charge >= 0.3 is 0 Å². The van der Waals surface area contributed by atoms with Crippen LogP contribution in [-0.4, -0.2) is 62.9 Å². The number of nitrogens with zero attached hydrogens (tertiary/aromatic N) is 1. The predicted octanol–water partition coefficient (Wildman–Crippen LogP) is 5.67. The molecule has 1 aliphatic rings. The lowest BCUT2D eigenvalue weighted by molar-refractivity contribution is -0.0760. The number of amides is 1. The Morgan fingerprint density at radius 1 is 0.977 bits per heavy atom. The Morgan fingerprint density at radius 2 is 1.58 bits per heavy atom. The molecule has 2 N–H and O–H groups in total. The molecule has 1 heterocycles. The zero-order valence-corrected chi connectivity index (χ0v) is 25.0. The van der Waals surface area contributed by atoms with E-state index in [1.54, 1.807) is 21.3 Å². The summed E-state index contributed by atoms with van der Waals surface area (Å²) in [4.78, 5) is 13.2. The molecule has 0 aliphatic carbocycles. The Labute approximate surface area is 251 Å². The van der Waals surface area contributed by atoms with Gasteiger partial charge in [0.2, 0.25) is 5.75 Å². The lowest BCUT2D eigenvalue weighted by Crippen LogP contribution is -2.31. The van der Waals surface area contributed by atoms with Crippen LogP contribution in [0.4, 0.5) is 0 Å². The minimum atomic E-state index is -1.20. The summed E-state index contributed by atoms with van der Waals surface area (Å²) in [5.74, 6) is 4.04. The maximum Gasteiger partial charge on any atom is 0.278 e. The Balaban J connectivity index is 1.71. The number of carbonyl (C=O) groups is 1. The second-order valence-corrected chi connectivity index (χ2v) is 9.97. The maximum absolute atomic E-state index is 13.2. The van der Waals surface area contributed by atoms with Gasteiger partial charge in [0.1, 0.15) is 11.8 Å². The Morgan fingerprint density at radius 3 is 2.14 bits per heavy atom. The molecular formula is C33H37NO9. The van der Waals surface area contributed by atoms with Crippen LogP contribution in [0.15, 0.2) is 48.5 Å². The van der Waals surface area contributed by atoms with Crippen molar-refractivity contribution in [2.24, 2.45) is 0 Å². The Kier molecular flexibility index (Phi) is 10.2. The number of phenolic OH excluding ortho intramolecular Hbond substituents is 1. The van der Waals surface area contributed by atoms with E-state index in [1.807, 2.05) is 31.2 Å². The molecular weight excluding hydrogens is 554 g/mol. The van der Waals surface area contributed by atoms with E-state index in [0.717, 1.165) is 11.1 Å². The van der Waals surface area contributed by atoms with Crippen LogP contribution in [0.25, 0.3) is 0 Å². The molecule has 1 saturated heterocycles. The molecule has 3 aromatic carbocycles. The van der Waals surface area contributed by atoms with Crippen LogP contribution < -0.4 is 23.7 Å². The van der Waals surface area contributed by atoms with E-state index >= 15 is 0 Å². The average Bonchev–Trinajstić information content (AvgIpc) is 3.53.